The molecule has 0 N–H and O–H groups in total. The second kappa shape index (κ2) is 7.23. The molecule has 1 aliphatic rings. The van der Waals surface area contributed by atoms with Crippen LogP contribution in [-0.2, 0) is 10.9 Å². The maximum Gasteiger partial charge on any atom is 0.416 e. The summed E-state index contributed by atoms with van der Waals surface area (Å²) in [5, 5.41) is 0. The Labute approximate surface area is 155 Å². The van der Waals surface area contributed by atoms with Gasteiger partial charge < -0.3 is 14.4 Å². The van der Waals surface area contributed by atoms with Gasteiger partial charge in [-0.2, -0.15) is 13.2 Å². The number of amides is 1. The van der Waals surface area contributed by atoms with Crippen molar-refractivity contribution in [3.8, 4) is 11.5 Å². The van der Waals surface area contributed by atoms with Crippen LogP contribution in [-0.4, -0.2) is 36.1 Å². The van der Waals surface area contributed by atoms with E-state index in [0.29, 0.717) is 31.1 Å². The maximum atomic E-state index is 12.9. The first-order valence-electron chi connectivity index (χ1n) is 8.52. The number of nitrogens with zero attached hydrogens (tertiary/aromatic N) is 1. The Kier molecular flexibility index (Phi) is 5.15. The predicted octanol–water partition coefficient (Wildman–Crippen LogP) is 4.75. The van der Waals surface area contributed by atoms with Crippen LogP contribution < -0.4 is 4.74 Å². The normalized spacial score (nSPS) is 16.9. The summed E-state index contributed by atoms with van der Waals surface area (Å²) in [6, 6.07) is 11.1. The van der Waals surface area contributed by atoms with Crippen molar-refractivity contribution in [3.05, 3.63) is 59.7 Å². The molecule has 2 aromatic carbocycles. The molecule has 144 valence electrons. The van der Waals surface area contributed by atoms with E-state index in [1.54, 1.807) is 23.1 Å². The van der Waals surface area contributed by atoms with Gasteiger partial charge in [0.25, 0.3) is 5.91 Å². The first kappa shape index (κ1) is 19.2. The van der Waals surface area contributed by atoms with E-state index >= 15 is 0 Å². The lowest BCUT2D eigenvalue weighted by Gasteiger charge is -2.42. The van der Waals surface area contributed by atoms with Crippen molar-refractivity contribution < 1.29 is 27.4 Å². The van der Waals surface area contributed by atoms with Crippen LogP contribution in [0.5, 0.6) is 11.5 Å². The highest BCUT2D eigenvalue weighted by Gasteiger charge is 2.34. The van der Waals surface area contributed by atoms with Crippen LogP contribution in [0.2, 0.25) is 0 Å². The van der Waals surface area contributed by atoms with E-state index in [0.717, 1.165) is 12.1 Å². The van der Waals surface area contributed by atoms with E-state index in [1.807, 2.05) is 13.8 Å². The summed E-state index contributed by atoms with van der Waals surface area (Å²) in [4.78, 5) is 14.6. The van der Waals surface area contributed by atoms with Gasteiger partial charge in [-0.1, -0.05) is 12.1 Å². The second-order valence-corrected chi connectivity index (χ2v) is 6.98. The second-order valence-electron chi connectivity index (χ2n) is 6.98. The van der Waals surface area contributed by atoms with Gasteiger partial charge in [-0.3, -0.25) is 4.79 Å². The molecule has 1 fully saturated rings. The van der Waals surface area contributed by atoms with E-state index in [2.05, 4.69) is 0 Å². The number of ether oxygens (including phenoxy) is 2. The van der Waals surface area contributed by atoms with Gasteiger partial charge in [0.2, 0.25) is 0 Å². The van der Waals surface area contributed by atoms with Gasteiger partial charge in [0.15, 0.2) is 0 Å². The number of morpholine rings is 1. The molecule has 1 heterocycles. The fraction of sp³-hybridized carbons (Fsp3) is 0.350. The van der Waals surface area contributed by atoms with Crippen molar-refractivity contribution in [2.24, 2.45) is 0 Å². The third kappa shape index (κ3) is 4.42. The topological polar surface area (TPSA) is 38.8 Å². The number of carbonyl (C=O) groups excluding carboxylic acids is 1. The summed E-state index contributed by atoms with van der Waals surface area (Å²) in [6.45, 7) is 5.24. The fourth-order valence-corrected chi connectivity index (χ4v) is 2.96. The lowest BCUT2D eigenvalue weighted by molar-refractivity contribution is -0.137. The standard InChI is InChI=1S/C20H20F3NO3/c1-19(2)13-26-10-9-24(19)18(25)14-5-3-7-16(11-14)27-17-8-4-6-15(12-17)20(21,22)23/h3-8,11-12H,9-10,13H2,1-2H3. The average Bonchev–Trinajstić information content (AvgIpc) is 2.60. The molecule has 27 heavy (non-hydrogen) atoms. The third-order valence-electron chi connectivity index (χ3n) is 4.37. The minimum absolute atomic E-state index is 0.0566. The van der Waals surface area contributed by atoms with Crippen molar-refractivity contribution >= 4 is 5.91 Å². The monoisotopic (exact) mass is 379 g/mol. The summed E-state index contributed by atoms with van der Waals surface area (Å²) in [5.41, 5.74) is -0.815. The molecule has 7 heteroatoms. The largest absolute Gasteiger partial charge is 0.457 e. The van der Waals surface area contributed by atoms with Crippen molar-refractivity contribution in [1.82, 2.24) is 4.90 Å². The van der Waals surface area contributed by atoms with Crippen LogP contribution in [0.25, 0.3) is 0 Å². The van der Waals surface area contributed by atoms with Crippen LogP contribution in [0.4, 0.5) is 13.2 Å². The molecule has 0 aromatic heterocycles. The minimum atomic E-state index is -4.45. The highest BCUT2D eigenvalue weighted by molar-refractivity contribution is 5.95. The van der Waals surface area contributed by atoms with Gasteiger partial charge in [-0.25, -0.2) is 0 Å². The Morgan fingerprint density at radius 2 is 1.78 bits per heavy atom. The zero-order chi connectivity index (χ0) is 19.7. The van der Waals surface area contributed by atoms with Crippen molar-refractivity contribution in [2.75, 3.05) is 19.8 Å². The van der Waals surface area contributed by atoms with E-state index in [4.69, 9.17) is 9.47 Å². The van der Waals surface area contributed by atoms with Gasteiger partial charge in [0.1, 0.15) is 11.5 Å². The fourth-order valence-electron chi connectivity index (χ4n) is 2.96. The van der Waals surface area contributed by atoms with Crippen molar-refractivity contribution in [2.45, 2.75) is 25.6 Å². The van der Waals surface area contributed by atoms with Crippen LogP contribution in [0.15, 0.2) is 48.5 Å². The van der Waals surface area contributed by atoms with Crippen molar-refractivity contribution in [3.63, 3.8) is 0 Å². The van der Waals surface area contributed by atoms with Gasteiger partial charge in [0.05, 0.1) is 24.3 Å². The summed E-state index contributed by atoms with van der Waals surface area (Å²) in [6.07, 6.45) is -4.45. The zero-order valence-corrected chi connectivity index (χ0v) is 15.0. The molecule has 0 atom stereocenters. The molecule has 0 aliphatic carbocycles. The number of carbonyl (C=O) groups is 1. The third-order valence-corrected chi connectivity index (χ3v) is 4.37. The van der Waals surface area contributed by atoms with E-state index in [1.165, 1.54) is 18.2 Å². The molecule has 0 radical (unpaired) electrons. The van der Waals surface area contributed by atoms with Crippen LogP contribution in [0.1, 0.15) is 29.8 Å². The molecule has 1 aliphatic heterocycles. The quantitative estimate of drug-likeness (QED) is 0.773. The number of halogens is 3. The summed E-state index contributed by atoms with van der Waals surface area (Å²) < 4.78 is 49.5. The molecule has 4 nitrogen and oxygen atoms in total. The molecular weight excluding hydrogens is 359 g/mol. The summed E-state index contributed by atoms with van der Waals surface area (Å²) in [7, 11) is 0. The molecular formula is C20H20F3NO3. The van der Waals surface area contributed by atoms with E-state index in [-0.39, 0.29) is 11.7 Å². The molecule has 1 amide bonds. The molecule has 2 aromatic rings. The Balaban J connectivity index is 1.81. The smallest absolute Gasteiger partial charge is 0.416 e. The lowest BCUT2D eigenvalue weighted by atomic mass is 10.0. The van der Waals surface area contributed by atoms with Gasteiger partial charge in [-0.05, 0) is 50.2 Å². The number of rotatable bonds is 3. The Hall–Kier alpha value is -2.54. The first-order valence-corrected chi connectivity index (χ1v) is 8.52. The van der Waals surface area contributed by atoms with E-state index in [9.17, 15) is 18.0 Å². The first-order chi connectivity index (χ1) is 12.7. The van der Waals surface area contributed by atoms with Crippen LogP contribution in [0.3, 0.4) is 0 Å². The average molecular weight is 379 g/mol. The molecule has 1 saturated heterocycles. The minimum Gasteiger partial charge on any atom is -0.457 e. The maximum absolute atomic E-state index is 12.9. The Morgan fingerprint density at radius 1 is 1.11 bits per heavy atom. The Bertz CT molecular complexity index is 833. The van der Waals surface area contributed by atoms with E-state index < -0.39 is 17.3 Å². The predicted molar refractivity (Wildman–Crippen MR) is 93.9 cm³/mol. The number of alkyl halides is 3. The molecule has 0 saturated carbocycles. The molecule has 0 unspecified atom stereocenters. The van der Waals surface area contributed by atoms with Crippen LogP contribution in [0, 0.1) is 0 Å². The molecule has 0 spiro atoms. The molecule has 3 rings (SSSR count). The Morgan fingerprint density at radius 3 is 2.44 bits per heavy atom. The SMILES string of the molecule is CC1(C)COCCN1C(=O)c1cccc(Oc2cccc(C(F)(F)F)c2)c1. The molecule has 0 bridgehead atoms. The number of hydrogen-bond acceptors (Lipinski definition) is 3. The summed E-state index contributed by atoms with van der Waals surface area (Å²) in [5.74, 6) is 0.185. The van der Waals surface area contributed by atoms with Gasteiger partial charge >= 0.3 is 6.18 Å². The highest BCUT2D eigenvalue weighted by Crippen LogP contribution is 2.33. The van der Waals surface area contributed by atoms with Crippen LogP contribution >= 0.6 is 0 Å². The van der Waals surface area contributed by atoms with Crippen molar-refractivity contribution in [1.29, 1.82) is 0 Å². The van der Waals surface area contributed by atoms with Gasteiger partial charge in [-0.15, -0.1) is 0 Å². The highest BCUT2D eigenvalue weighted by atomic mass is 19.4. The summed E-state index contributed by atoms with van der Waals surface area (Å²) >= 11 is 0. The number of hydrogen-bond donors (Lipinski definition) is 0. The van der Waals surface area contributed by atoms with Gasteiger partial charge in [0, 0.05) is 12.1 Å². The zero-order valence-electron chi connectivity index (χ0n) is 15.0. The lowest BCUT2D eigenvalue weighted by Crippen LogP contribution is -2.55. The number of benzene rings is 2.